The van der Waals surface area contributed by atoms with Crippen molar-refractivity contribution in [2.45, 2.75) is 13.8 Å². The van der Waals surface area contributed by atoms with Crippen LogP contribution < -0.4 is 10.1 Å². The van der Waals surface area contributed by atoms with Crippen molar-refractivity contribution >= 4 is 22.5 Å². The topological polar surface area (TPSA) is 69.0 Å². The third-order valence-electron chi connectivity index (χ3n) is 3.88. The summed E-state index contributed by atoms with van der Waals surface area (Å²) in [7, 11) is 3.34. The molecule has 0 saturated carbocycles. The van der Waals surface area contributed by atoms with E-state index in [0.717, 1.165) is 22.0 Å². The minimum Gasteiger partial charge on any atom is -0.481 e. The average Bonchev–Trinajstić information content (AvgIpc) is 2.80. The number of rotatable bonds is 3. The number of amides is 1. The first kappa shape index (κ1) is 15.0. The first-order chi connectivity index (χ1) is 11.0. The van der Waals surface area contributed by atoms with E-state index in [0.29, 0.717) is 17.4 Å². The van der Waals surface area contributed by atoms with Gasteiger partial charge in [-0.25, -0.2) is 4.98 Å². The van der Waals surface area contributed by atoms with Gasteiger partial charge in [0.1, 0.15) is 11.5 Å². The molecular weight excluding hydrogens is 292 g/mol. The summed E-state index contributed by atoms with van der Waals surface area (Å²) in [6.07, 6.45) is 0. The molecular formula is C17H18N4O2. The van der Waals surface area contributed by atoms with Crippen molar-refractivity contribution in [3.8, 4) is 5.88 Å². The number of aryl methyl sites for hydroxylation is 2. The number of ether oxygens (including phenoxy) is 1. The SMILES string of the molecule is COc1nc(C(=O)Nc2c(C)c(C)nn2C)cc2ccccc12. The molecule has 0 aliphatic heterocycles. The summed E-state index contributed by atoms with van der Waals surface area (Å²) in [5, 5.41) is 8.95. The third kappa shape index (κ3) is 2.63. The number of nitrogens with zero attached hydrogens (tertiary/aromatic N) is 3. The molecule has 6 heteroatoms. The number of methoxy groups -OCH3 is 1. The van der Waals surface area contributed by atoms with E-state index in [1.54, 1.807) is 24.9 Å². The molecule has 2 heterocycles. The van der Waals surface area contributed by atoms with Gasteiger partial charge in [0.05, 0.1) is 12.8 Å². The van der Waals surface area contributed by atoms with E-state index < -0.39 is 0 Å². The van der Waals surface area contributed by atoms with Crippen LogP contribution in [0.3, 0.4) is 0 Å². The van der Waals surface area contributed by atoms with Crippen LogP contribution in [0.25, 0.3) is 10.8 Å². The number of pyridine rings is 1. The van der Waals surface area contributed by atoms with Crippen LogP contribution in [0, 0.1) is 13.8 Å². The molecule has 0 aliphatic rings. The Bertz CT molecular complexity index is 899. The number of aromatic nitrogens is 3. The molecule has 23 heavy (non-hydrogen) atoms. The first-order valence-electron chi connectivity index (χ1n) is 7.26. The summed E-state index contributed by atoms with van der Waals surface area (Å²) < 4.78 is 6.97. The lowest BCUT2D eigenvalue weighted by Crippen LogP contribution is -2.17. The highest BCUT2D eigenvalue weighted by molar-refractivity contribution is 6.05. The molecule has 3 aromatic rings. The van der Waals surface area contributed by atoms with E-state index in [4.69, 9.17) is 4.74 Å². The monoisotopic (exact) mass is 310 g/mol. The normalized spacial score (nSPS) is 10.8. The molecule has 0 unspecified atom stereocenters. The lowest BCUT2D eigenvalue weighted by Gasteiger charge is -2.09. The van der Waals surface area contributed by atoms with Crippen LogP contribution in [0.5, 0.6) is 5.88 Å². The maximum absolute atomic E-state index is 12.6. The Labute approximate surface area is 134 Å². The Morgan fingerprint density at radius 3 is 2.65 bits per heavy atom. The molecule has 0 atom stereocenters. The summed E-state index contributed by atoms with van der Waals surface area (Å²) in [4.78, 5) is 16.9. The number of nitrogens with one attached hydrogen (secondary N) is 1. The van der Waals surface area contributed by atoms with Crippen molar-refractivity contribution in [3.63, 3.8) is 0 Å². The minimum atomic E-state index is -0.292. The summed E-state index contributed by atoms with van der Waals surface area (Å²) in [6.45, 7) is 3.83. The summed E-state index contributed by atoms with van der Waals surface area (Å²) in [6, 6.07) is 9.42. The van der Waals surface area contributed by atoms with Crippen LogP contribution in [0.1, 0.15) is 21.7 Å². The highest BCUT2D eigenvalue weighted by atomic mass is 16.5. The fraction of sp³-hybridized carbons (Fsp3) is 0.235. The molecule has 1 aromatic carbocycles. The summed E-state index contributed by atoms with van der Waals surface area (Å²) in [5.41, 5.74) is 2.12. The summed E-state index contributed by atoms with van der Waals surface area (Å²) in [5.74, 6) is 0.813. The van der Waals surface area contributed by atoms with Gasteiger partial charge in [0.25, 0.3) is 5.91 Å². The Morgan fingerprint density at radius 1 is 1.26 bits per heavy atom. The van der Waals surface area contributed by atoms with Crippen LogP contribution in [0.2, 0.25) is 0 Å². The zero-order chi connectivity index (χ0) is 16.6. The Balaban J connectivity index is 2.01. The van der Waals surface area contributed by atoms with Gasteiger partial charge in [-0.3, -0.25) is 9.48 Å². The van der Waals surface area contributed by atoms with Crippen LogP contribution in [0.4, 0.5) is 5.82 Å². The van der Waals surface area contributed by atoms with E-state index in [1.165, 1.54) is 0 Å². The fourth-order valence-electron chi connectivity index (χ4n) is 2.55. The van der Waals surface area contributed by atoms with Gasteiger partial charge in [0.15, 0.2) is 0 Å². The first-order valence-corrected chi connectivity index (χ1v) is 7.26. The van der Waals surface area contributed by atoms with Gasteiger partial charge in [-0.05, 0) is 31.4 Å². The van der Waals surface area contributed by atoms with E-state index in [9.17, 15) is 4.79 Å². The van der Waals surface area contributed by atoms with Crippen molar-refractivity contribution in [2.24, 2.45) is 7.05 Å². The smallest absolute Gasteiger partial charge is 0.275 e. The van der Waals surface area contributed by atoms with E-state index >= 15 is 0 Å². The Kier molecular flexibility index (Phi) is 3.73. The van der Waals surface area contributed by atoms with E-state index in [-0.39, 0.29) is 5.91 Å². The van der Waals surface area contributed by atoms with Crippen molar-refractivity contribution in [1.29, 1.82) is 0 Å². The van der Waals surface area contributed by atoms with Crippen LogP contribution in [0.15, 0.2) is 30.3 Å². The van der Waals surface area contributed by atoms with Gasteiger partial charge in [-0.15, -0.1) is 0 Å². The lowest BCUT2D eigenvalue weighted by atomic mass is 10.1. The number of hydrogen-bond donors (Lipinski definition) is 1. The molecule has 1 N–H and O–H groups in total. The second-order valence-electron chi connectivity index (χ2n) is 5.37. The van der Waals surface area contributed by atoms with E-state index in [1.807, 2.05) is 38.1 Å². The molecule has 118 valence electrons. The van der Waals surface area contributed by atoms with Gasteiger partial charge in [-0.1, -0.05) is 18.2 Å². The number of fused-ring (bicyclic) bond motifs is 1. The molecule has 2 aromatic heterocycles. The van der Waals surface area contributed by atoms with Gasteiger partial charge in [0.2, 0.25) is 5.88 Å². The third-order valence-corrected chi connectivity index (χ3v) is 3.88. The Hall–Kier alpha value is -2.89. The van der Waals surface area contributed by atoms with Crippen molar-refractivity contribution < 1.29 is 9.53 Å². The van der Waals surface area contributed by atoms with Crippen molar-refractivity contribution in [2.75, 3.05) is 12.4 Å². The molecule has 3 rings (SSSR count). The maximum Gasteiger partial charge on any atom is 0.275 e. The average molecular weight is 310 g/mol. The Morgan fingerprint density at radius 2 is 2.00 bits per heavy atom. The zero-order valence-corrected chi connectivity index (χ0v) is 13.5. The maximum atomic E-state index is 12.6. The minimum absolute atomic E-state index is 0.292. The van der Waals surface area contributed by atoms with Crippen molar-refractivity contribution in [1.82, 2.24) is 14.8 Å². The van der Waals surface area contributed by atoms with Gasteiger partial charge < -0.3 is 10.1 Å². The number of hydrogen-bond acceptors (Lipinski definition) is 4. The lowest BCUT2D eigenvalue weighted by molar-refractivity contribution is 0.102. The zero-order valence-electron chi connectivity index (χ0n) is 13.5. The van der Waals surface area contributed by atoms with Gasteiger partial charge in [-0.2, -0.15) is 5.10 Å². The highest BCUT2D eigenvalue weighted by Gasteiger charge is 2.16. The quantitative estimate of drug-likeness (QED) is 0.807. The van der Waals surface area contributed by atoms with Gasteiger partial charge in [0, 0.05) is 18.0 Å². The molecule has 0 spiro atoms. The standard InChI is InChI=1S/C17H18N4O2/c1-10-11(2)20-21(3)15(10)19-16(22)14-9-12-7-5-6-8-13(12)17(18-14)23-4/h5-9H,1-4H3,(H,19,22). The summed E-state index contributed by atoms with van der Waals surface area (Å²) >= 11 is 0. The largest absolute Gasteiger partial charge is 0.481 e. The molecule has 0 bridgehead atoms. The molecule has 0 aliphatic carbocycles. The number of carbonyl (C=O) groups excluding carboxylic acids is 1. The van der Waals surface area contributed by atoms with Crippen LogP contribution in [-0.4, -0.2) is 27.8 Å². The predicted molar refractivity (Wildman–Crippen MR) is 88.9 cm³/mol. The molecule has 6 nitrogen and oxygen atoms in total. The van der Waals surface area contributed by atoms with Crippen LogP contribution >= 0.6 is 0 Å². The van der Waals surface area contributed by atoms with Crippen molar-refractivity contribution in [3.05, 3.63) is 47.3 Å². The number of carbonyl (C=O) groups is 1. The van der Waals surface area contributed by atoms with Gasteiger partial charge >= 0.3 is 0 Å². The predicted octanol–water partition coefficient (Wildman–Crippen LogP) is 2.85. The second-order valence-corrected chi connectivity index (χ2v) is 5.37. The second kappa shape index (κ2) is 5.72. The molecule has 1 amide bonds. The fourth-order valence-corrected chi connectivity index (χ4v) is 2.55. The highest BCUT2D eigenvalue weighted by Crippen LogP contribution is 2.25. The number of anilines is 1. The molecule has 0 saturated heterocycles. The van der Waals surface area contributed by atoms with Crippen LogP contribution in [-0.2, 0) is 7.05 Å². The van der Waals surface area contributed by atoms with E-state index in [2.05, 4.69) is 15.4 Å². The molecule has 0 radical (unpaired) electrons. The number of benzene rings is 1. The molecule has 0 fully saturated rings.